The quantitative estimate of drug-likeness (QED) is 0.671. The Morgan fingerprint density at radius 1 is 1.23 bits per heavy atom. The summed E-state index contributed by atoms with van der Waals surface area (Å²) < 4.78 is 1.43. The zero-order chi connectivity index (χ0) is 15.3. The van der Waals surface area contributed by atoms with Crippen molar-refractivity contribution in [1.29, 1.82) is 0 Å². The van der Waals surface area contributed by atoms with Crippen LogP contribution in [0.5, 0.6) is 0 Å². The smallest absolute Gasteiger partial charge is 0.274 e. The van der Waals surface area contributed by atoms with Gasteiger partial charge < -0.3 is 0 Å². The average Bonchev–Trinajstić information content (AvgIpc) is 2.96. The van der Waals surface area contributed by atoms with Crippen molar-refractivity contribution < 1.29 is 4.79 Å². The van der Waals surface area contributed by atoms with Crippen LogP contribution in [0.4, 0.5) is 0 Å². The fourth-order valence-corrected chi connectivity index (χ4v) is 3.69. The molecule has 1 aromatic carbocycles. The van der Waals surface area contributed by atoms with Crippen LogP contribution >= 0.6 is 35.0 Å². The molecule has 2 aromatic heterocycles. The van der Waals surface area contributed by atoms with Crippen LogP contribution in [0.2, 0.25) is 10.0 Å². The molecule has 3 aromatic rings. The highest BCUT2D eigenvalue weighted by Crippen LogP contribution is 2.38. The van der Waals surface area contributed by atoms with Gasteiger partial charge in [0.1, 0.15) is 0 Å². The number of aromatic nitrogens is 5. The number of ketones is 1. The third-order valence-electron chi connectivity index (χ3n) is 3.38. The maximum atomic E-state index is 12.4. The van der Waals surface area contributed by atoms with E-state index in [0.717, 1.165) is 0 Å². The number of carbonyl (C=O) groups excluding carboxylic acids is 1. The van der Waals surface area contributed by atoms with Crippen LogP contribution in [-0.4, -0.2) is 36.6 Å². The van der Waals surface area contributed by atoms with Crippen LogP contribution in [-0.2, 0) is 5.75 Å². The average molecular weight is 352 g/mol. The molecule has 0 bridgehead atoms. The van der Waals surface area contributed by atoms with Gasteiger partial charge in [-0.15, -0.1) is 11.8 Å². The molecule has 22 heavy (non-hydrogen) atoms. The minimum atomic E-state index is -0.0119. The van der Waals surface area contributed by atoms with E-state index >= 15 is 0 Å². The van der Waals surface area contributed by atoms with Crippen molar-refractivity contribution in [3.8, 4) is 11.3 Å². The highest BCUT2D eigenvalue weighted by atomic mass is 35.5. The summed E-state index contributed by atoms with van der Waals surface area (Å²) in [5.41, 5.74) is 2.35. The van der Waals surface area contributed by atoms with Crippen molar-refractivity contribution >= 4 is 46.5 Å². The summed E-state index contributed by atoms with van der Waals surface area (Å²) in [6.07, 6.45) is 0. The minimum absolute atomic E-state index is 0.0119. The molecule has 0 aliphatic carbocycles. The first-order valence-electron chi connectivity index (χ1n) is 6.33. The second-order valence-corrected chi connectivity index (χ2v) is 6.46. The summed E-state index contributed by atoms with van der Waals surface area (Å²) in [5.74, 6) is 1.35. The molecule has 4 rings (SSSR count). The monoisotopic (exact) mass is 351 g/mol. The Kier molecular flexibility index (Phi) is 3.28. The van der Waals surface area contributed by atoms with Gasteiger partial charge in [-0.2, -0.15) is 4.52 Å². The molecule has 0 fully saturated rings. The van der Waals surface area contributed by atoms with Crippen molar-refractivity contribution in [3.63, 3.8) is 0 Å². The van der Waals surface area contributed by atoms with Crippen LogP contribution in [0.3, 0.4) is 0 Å². The summed E-state index contributed by atoms with van der Waals surface area (Å²) in [6.45, 7) is 0. The van der Waals surface area contributed by atoms with E-state index in [4.69, 9.17) is 23.2 Å². The summed E-state index contributed by atoms with van der Waals surface area (Å²) >= 11 is 14.0. The van der Waals surface area contributed by atoms with E-state index in [1.54, 1.807) is 18.2 Å². The number of benzene rings is 1. The SMILES string of the molecule is O=C1CSCc2nc3nnnn3c(-c3cccc(Cl)c3Cl)c21. The zero-order valence-electron chi connectivity index (χ0n) is 11.0. The van der Waals surface area contributed by atoms with Crippen LogP contribution < -0.4 is 0 Å². The molecule has 0 radical (unpaired) electrons. The second-order valence-electron chi connectivity index (χ2n) is 4.69. The number of nitrogens with zero attached hydrogens (tertiary/aromatic N) is 5. The van der Waals surface area contributed by atoms with Crippen LogP contribution in [0.1, 0.15) is 16.1 Å². The summed E-state index contributed by atoms with van der Waals surface area (Å²) in [4.78, 5) is 16.8. The number of fused-ring (bicyclic) bond motifs is 2. The highest BCUT2D eigenvalue weighted by Gasteiger charge is 2.28. The number of tetrazole rings is 1. The minimum Gasteiger partial charge on any atom is -0.293 e. The molecule has 0 amide bonds. The molecule has 1 aliphatic rings. The van der Waals surface area contributed by atoms with Gasteiger partial charge in [-0.1, -0.05) is 40.4 Å². The first-order valence-corrected chi connectivity index (χ1v) is 8.24. The largest absolute Gasteiger partial charge is 0.293 e. The fraction of sp³-hybridized carbons (Fsp3) is 0.154. The zero-order valence-corrected chi connectivity index (χ0v) is 13.3. The summed E-state index contributed by atoms with van der Waals surface area (Å²) in [6, 6.07) is 5.25. The van der Waals surface area contributed by atoms with Gasteiger partial charge >= 0.3 is 0 Å². The number of thioether (sulfide) groups is 1. The molecule has 3 heterocycles. The van der Waals surface area contributed by atoms with Crippen LogP contribution in [0, 0.1) is 0 Å². The van der Waals surface area contributed by atoms with Gasteiger partial charge in [0.15, 0.2) is 5.78 Å². The molecule has 0 saturated carbocycles. The van der Waals surface area contributed by atoms with E-state index in [1.165, 1.54) is 16.3 Å². The van der Waals surface area contributed by atoms with E-state index in [1.807, 2.05) is 0 Å². The second kappa shape index (κ2) is 5.19. The third kappa shape index (κ3) is 2.00. The van der Waals surface area contributed by atoms with E-state index < -0.39 is 0 Å². The van der Waals surface area contributed by atoms with Gasteiger partial charge in [0, 0.05) is 11.3 Å². The third-order valence-corrected chi connectivity index (χ3v) is 5.15. The molecule has 0 atom stereocenters. The van der Waals surface area contributed by atoms with Crippen molar-refractivity contribution in [2.45, 2.75) is 5.75 Å². The Hall–Kier alpha value is -1.70. The molecular weight excluding hydrogens is 345 g/mol. The molecule has 6 nitrogen and oxygen atoms in total. The highest BCUT2D eigenvalue weighted by molar-refractivity contribution is 7.99. The Balaban J connectivity index is 2.16. The van der Waals surface area contributed by atoms with Crippen molar-refractivity contribution in [2.24, 2.45) is 0 Å². The lowest BCUT2D eigenvalue weighted by atomic mass is 10.0. The number of hydrogen-bond donors (Lipinski definition) is 0. The van der Waals surface area contributed by atoms with Gasteiger partial charge in [0.2, 0.25) is 0 Å². The van der Waals surface area contributed by atoms with Gasteiger partial charge in [-0.25, -0.2) is 4.98 Å². The number of halogens is 2. The summed E-state index contributed by atoms with van der Waals surface area (Å²) in [7, 11) is 0. The molecular formula is C13H7Cl2N5OS. The van der Waals surface area contributed by atoms with Crippen molar-refractivity contribution in [1.82, 2.24) is 25.0 Å². The maximum absolute atomic E-state index is 12.4. The molecule has 0 N–H and O–H groups in total. The lowest BCUT2D eigenvalue weighted by Crippen LogP contribution is -2.18. The maximum Gasteiger partial charge on any atom is 0.274 e. The first-order chi connectivity index (χ1) is 10.7. The van der Waals surface area contributed by atoms with E-state index in [9.17, 15) is 4.79 Å². The molecule has 0 unspecified atom stereocenters. The van der Waals surface area contributed by atoms with E-state index in [2.05, 4.69) is 20.5 Å². The van der Waals surface area contributed by atoms with Gasteiger partial charge in [-0.3, -0.25) is 4.79 Å². The standard InChI is InChI=1S/C13H7Cl2N5OS/c14-7-3-1-2-6(11(7)15)12-10-8(4-22-5-9(10)21)16-13-17-18-19-20(12)13/h1-3H,4-5H2. The predicted octanol–water partition coefficient (Wildman–Crippen LogP) is 2.92. The predicted molar refractivity (Wildman–Crippen MR) is 84.5 cm³/mol. The van der Waals surface area contributed by atoms with E-state index in [0.29, 0.717) is 49.8 Å². The molecule has 0 spiro atoms. The Bertz CT molecular complexity index is 926. The number of hydrogen-bond acceptors (Lipinski definition) is 6. The van der Waals surface area contributed by atoms with Gasteiger partial charge in [0.05, 0.1) is 32.7 Å². The molecule has 1 aliphatic heterocycles. The first kappa shape index (κ1) is 13.9. The van der Waals surface area contributed by atoms with E-state index in [-0.39, 0.29) is 5.78 Å². The summed E-state index contributed by atoms with van der Waals surface area (Å²) in [5, 5.41) is 12.2. The van der Waals surface area contributed by atoms with Crippen molar-refractivity contribution in [3.05, 3.63) is 39.5 Å². The molecule has 110 valence electrons. The van der Waals surface area contributed by atoms with Crippen molar-refractivity contribution in [2.75, 3.05) is 5.75 Å². The Labute approximate surface area is 138 Å². The topological polar surface area (TPSA) is 73.0 Å². The number of Topliss-reactive ketones (excluding diaryl/α,β-unsaturated/α-hetero) is 1. The van der Waals surface area contributed by atoms with Crippen LogP contribution in [0.15, 0.2) is 18.2 Å². The Morgan fingerprint density at radius 3 is 2.95 bits per heavy atom. The lowest BCUT2D eigenvalue weighted by molar-refractivity contribution is 0.102. The van der Waals surface area contributed by atoms with Gasteiger partial charge in [0.25, 0.3) is 5.78 Å². The molecule has 9 heteroatoms. The van der Waals surface area contributed by atoms with Gasteiger partial charge in [-0.05, 0) is 16.5 Å². The normalized spacial score (nSPS) is 14.4. The lowest BCUT2D eigenvalue weighted by Gasteiger charge is -2.18. The number of rotatable bonds is 1. The number of carbonyl (C=O) groups is 1. The fourth-order valence-electron chi connectivity index (χ4n) is 2.46. The molecule has 0 saturated heterocycles. The Morgan fingerprint density at radius 2 is 2.09 bits per heavy atom. The van der Waals surface area contributed by atoms with Crippen LogP contribution in [0.25, 0.3) is 17.0 Å².